The van der Waals surface area contributed by atoms with Gasteiger partial charge in [0.05, 0.1) is 17.6 Å². The van der Waals surface area contributed by atoms with Crippen LogP contribution in [0.1, 0.15) is 12.7 Å². The van der Waals surface area contributed by atoms with Gasteiger partial charge in [-0.1, -0.05) is 11.6 Å². The molecule has 1 atom stereocenters. The number of piperazine rings is 1. The number of halogens is 2. The number of hydrogen-bond donors (Lipinski definition) is 1. The Morgan fingerprint density at radius 3 is 3.00 bits per heavy atom. The Hall–Kier alpha value is -0.810. The molecular formula is C14H20Cl2N4. The number of hydrogen-bond acceptors (Lipinski definition) is 3. The van der Waals surface area contributed by atoms with Crippen LogP contribution >= 0.6 is 24.0 Å². The van der Waals surface area contributed by atoms with Crippen LogP contribution in [-0.4, -0.2) is 40.1 Å². The fraction of sp³-hybridized carbons (Fsp3) is 0.500. The lowest BCUT2D eigenvalue weighted by molar-refractivity contribution is 0.160. The lowest BCUT2D eigenvalue weighted by Gasteiger charge is -2.33. The number of rotatable bonds is 2. The van der Waals surface area contributed by atoms with Gasteiger partial charge >= 0.3 is 0 Å². The molecule has 1 N–H and O–H groups in total. The van der Waals surface area contributed by atoms with Gasteiger partial charge in [0.2, 0.25) is 0 Å². The number of nitrogens with one attached hydrogen (secondary N) is 1. The average molecular weight is 315 g/mol. The summed E-state index contributed by atoms with van der Waals surface area (Å²) in [5, 5.41) is 4.16. The van der Waals surface area contributed by atoms with Crippen LogP contribution in [0, 0.1) is 0 Å². The van der Waals surface area contributed by atoms with Crippen molar-refractivity contribution in [3.05, 3.63) is 29.0 Å². The quantitative estimate of drug-likeness (QED) is 0.924. The van der Waals surface area contributed by atoms with Gasteiger partial charge in [0.1, 0.15) is 5.82 Å². The van der Waals surface area contributed by atoms with Crippen molar-refractivity contribution in [3.63, 3.8) is 0 Å². The third-order valence-electron chi connectivity index (χ3n) is 3.92. The van der Waals surface area contributed by atoms with E-state index in [9.17, 15) is 0 Å². The van der Waals surface area contributed by atoms with Gasteiger partial charge in [-0.05, 0) is 25.1 Å². The summed E-state index contributed by atoms with van der Waals surface area (Å²) in [4.78, 5) is 7.19. The summed E-state index contributed by atoms with van der Waals surface area (Å²) >= 11 is 6.03. The Labute approximate surface area is 130 Å². The fourth-order valence-corrected chi connectivity index (χ4v) is 2.83. The maximum Gasteiger partial charge on any atom is 0.123 e. The highest BCUT2D eigenvalue weighted by Gasteiger charge is 2.20. The molecule has 3 rings (SSSR count). The van der Waals surface area contributed by atoms with Gasteiger partial charge in [0.15, 0.2) is 0 Å². The molecule has 2 aromatic rings. The van der Waals surface area contributed by atoms with Crippen molar-refractivity contribution in [1.29, 1.82) is 0 Å². The number of nitrogens with zero attached hydrogens (tertiary/aromatic N) is 3. The van der Waals surface area contributed by atoms with Gasteiger partial charge in [0.25, 0.3) is 0 Å². The van der Waals surface area contributed by atoms with Crippen LogP contribution < -0.4 is 5.32 Å². The first-order valence-corrected chi connectivity index (χ1v) is 7.08. The number of benzene rings is 1. The molecule has 0 spiro atoms. The molecule has 0 radical (unpaired) electrons. The summed E-state index contributed by atoms with van der Waals surface area (Å²) in [6.45, 7) is 6.33. The molecule has 1 saturated heterocycles. The Morgan fingerprint density at radius 1 is 1.45 bits per heavy atom. The topological polar surface area (TPSA) is 33.1 Å². The predicted octanol–water partition coefficient (Wildman–Crippen LogP) is 2.44. The maximum atomic E-state index is 6.03. The van der Waals surface area contributed by atoms with E-state index in [4.69, 9.17) is 16.6 Å². The van der Waals surface area contributed by atoms with Crippen LogP contribution in [0.5, 0.6) is 0 Å². The summed E-state index contributed by atoms with van der Waals surface area (Å²) in [5.41, 5.74) is 2.12. The first-order chi connectivity index (χ1) is 9.15. The predicted molar refractivity (Wildman–Crippen MR) is 85.7 cm³/mol. The van der Waals surface area contributed by atoms with Crippen molar-refractivity contribution in [2.45, 2.75) is 19.5 Å². The van der Waals surface area contributed by atoms with Crippen LogP contribution in [0.25, 0.3) is 11.0 Å². The van der Waals surface area contributed by atoms with E-state index in [-0.39, 0.29) is 12.4 Å². The summed E-state index contributed by atoms with van der Waals surface area (Å²) in [6.07, 6.45) is 0. The van der Waals surface area contributed by atoms with Crippen molar-refractivity contribution in [3.8, 4) is 0 Å². The molecule has 0 aliphatic carbocycles. The molecule has 110 valence electrons. The van der Waals surface area contributed by atoms with Crippen LogP contribution in [0.2, 0.25) is 5.02 Å². The van der Waals surface area contributed by atoms with Gasteiger partial charge < -0.3 is 9.88 Å². The first kappa shape index (κ1) is 15.6. The van der Waals surface area contributed by atoms with E-state index in [1.54, 1.807) is 0 Å². The minimum absolute atomic E-state index is 0. The molecule has 0 saturated carbocycles. The number of aryl methyl sites for hydroxylation is 1. The average Bonchev–Trinajstić information content (AvgIpc) is 2.68. The highest BCUT2D eigenvalue weighted by molar-refractivity contribution is 6.31. The summed E-state index contributed by atoms with van der Waals surface area (Å²) in [7, 11) is 2.07. The van der Waals surface area contributed by atoms with Crippen molar-refractivity contribution in [2.24, 2.45) is 7.05 Å². The van der Waals surface area contributed by atoms with E-state index in [0.29, 0.717) is 6.04 Å². The van der Waals surface area contributed by atoms with Gasteiger partial charge in [-0.2, -0.15) is 0 Å². The van der Waals surface area contributed by atoms with E-state index in [1.807, 2.05) is 18.2 Å². The van der Waals surface area contributed by atoms with E-state index in [1.165, 1.54) is 0 Å². The minimum atomic E-state index is 0. The second-order valence-electron chi connectivity index (χ2n) is 5.24. The van der Waals surface area contributed by atoms with Crippen LogP contribution in [0.4, 0.5) is 0 Å². The lowest BCUT2D eigenvalue weighted by atomic mass is 10.2. The van der Waals surface area contributed by atoms with Crippen LogP contribution in [0.15, 0.2) is 18.2 Å². The van der Waals surface area contributed by atoms with Gasteiger partial charge in [0, 0.05) is 37.7 Å². The van der Waals surface area contributed by atoms with Crippen molar-refractivity contribution in [2.75, 3.05) is 19.6 Å². The zero-order chi connectivity index (χ0) is 13.4. The van der Waals surface area contributed by atoms with E-state index in [2.05, 4.69) is 28.8 Å². The van der Waals surface area contributed by atoms with Gasteiger partial charge in [-0.25, -0.2) is 4.98 Å². The van der Waals surface area contributed by atoms with E-state index >= 15 is 0 Å². The zero-order valence-electron chi connectivity index (χ0n) is 11.8. The molecule has 0 bridgehead atoms. The third-order valence-corrected chi connectivity index (χ3v) is 4.15. The Bertz CT molecular complexity index is 596. The lowest BCUT2D eigenvalue weighted by Crippen LogP contribution is -2.49. The fourth-order valence-electron chi connectivity index (χ4n) is 2.66. The SMILES string of the molecule is C[C@H]1CNCCN1Cc1nc2cc(Cl)ccc2n1C.Cl. The smallest absolute Gasteiger partial charge is 0.123 e. The molecule has 1 aliphatic heterocycles. The Morgan fingerprint density at radius 2 is 2.25 bits per heavy atom. The maximum absolute atomic E-state index is 6.03. The standard InChI is InChI=1S/C14H19ClN4.ClH/c1-10-8-16-5-6-19(10)9-14-17-12-7-11(15)3-4-13(12)18(14)2;/h3-4,7,10,16H,5-6,8-9H2,1-2H3;1H/t10-;/m0./s1. The third kappa shape index (κ3) is 2.93. The Kier molecular flexibility index (Phi) is 4.91. The molecule has 1 aliphatic rings. The van der Waals surface area contributed by atoms with E-state index < -0.39 is 0 Å². The molecule has 1 fully saturated rings. The molecule has 20 heavy (non-hydrogen) atoms. The molecule has 1 aromatic heterocycles. The molecular weight excluding hydrogens is 295 g/mol. The second-order valence-corrected chi connectivity index (χ2v) is 5.68. The molecule has 4 nitrogen and oxygen atoms in total. The minimum Gasteiger partial charge on any atom is -0.330 e. The zero-order valence-corrected chi connectivity index (χ0v) is 13.3. The molecule has 1 aromatic carbocycles. The number of imidazole rings is 1. The number of fused-ring (bicyclic) bond motifs is 1. The molecule has 0 unspecified atom stereocenters. The summed E-state index contributed by atoms with van der Waals surface area (Å²) in [6, 6.07) is 6.44. The second kappa shape index (κ2) is 6.31. The highest BCUT2D eigenvalue weighted by atomic mass is 35.5. The van der Waals surface area contributed by atoms with Gasteiger partial charge in [-0.3, -0.25) is 4.90 Å². The monoisotopic (exact) mass is 314 g/mol. The van der Waals surface area contributed by atoms with Gasteiger partial charge in [-0.15, -0.1) is 12.4 Å². The molecule has 6 heteroatoms. The molecule has 2 heterocycles. The van der Waals surface area contributed by atoms with Crippen molar-refractivity contribution >= 4 is 35.0 Å². The highest BCUT2D eigenvalue weighted by Crippen LogP contribution is 2.20. The summed E-state index contributed by atoms with van der Waals surface area (Å²) < 4.78 is 2.17. The van der Waals surface area contributed by atoms with Crippen LogP contribution in [0.3, 0.4) is 0 Å². The summed E-state index contributed by atoms with van der Waals surface area (Å²) in [5.74, 6) is 1.10. The van der Waals surface area contributed by atoms with Crippen molar-refractivity contribution in [1.82, 2.24) is 19.8 Å². The molecule has 0 amide bonds. The first-order valence-electron chi connectivity index (χ1n) is 6.71. The number of aromatic nitrogens is 2. The largest absolute Gasteiger partial charge is 0.330 e. The van der Waals surface area contributed by atoms with Crippen LogP contribution in [-0.2, 0) is 13.6 Å². The Balaban J connectivity index is 0.00000147. The van der Waals surface area contributed by atoms with Crippen molar-refractivity contribution < 1.29 is 0 Å². The normalized spacial score (nSPS) is 20.1. The van der Waals surface area contributed by atoms with E-state index in [0.717, 1.165) is 48.1 Å².